The summed E-state index contributed by atoms with van der Waals surface area (Å²) >= 11 is 0. The zero-order chi connectivity index (χ0) is 20.4. The van der Waals surface area contributed by atoms with Crippen LogP contribution >= 0.6 is 0 Å². The molecule has 0 aliphatic carbocycles. The molecular weight excluding hydrogens is 386 g/mol. The number of hydrogen-bond acceptors (Lipinski definition) is 7. The quantitative estimate of drug-likeness (QED) is 0.478. The van der Waals surface area contributed by atoms with Gasteiger partial charge in [0.2, 0.25) is 6.79 Å². The normalized spacial score (nSPS) is 14.6. The van der Waals surface area contributed by atoms with E-state index < -0.39 is 11.8 Å². The molecule has 0 atom stereocenters. The van der Waals surface area contributed by atoms with E-state index in [9.17, 15) is 9.59 Å². The van der Waals surface area contributed by atoms with Gasteiger partial charge in [-0.05, 0) is 24.3 Å². The third-order valence-corrected chi connectivity index (χ3v) is 5.27. The van der Waals surface area contributed by atoms with Gasteiger partial charge in [-0.25, -0.2) is 14.6 Å². The Bertz CT molecular complexity index is 1380. The second kappa shape index (κ2) is 5.86. The second-order valence-electron chi connectivity index (χ2n) is 6.94. The predicted octanol–water partition coefficient (Wildman–Crippen LogP) is 2.56. The Morgan fingerprint density at radius 1 is 1.00 bits per heavy atom. The van der Waals surface area contributed by atoms with Gasteiger partial charge < -0.3 is 9.47 Å². The molecule has 30 heavy (non-hydrogen) atoms. The van der Waals surface area contributed by atoms with E-state index in [1.54, 1.807) is 54.5 Å². The summed E-state index contributed by atoms with van der Waals surface area (Å²) in [7, 11) is 1.75. The Balaban J connectivity index is 1.57. The standard InChI is InChI=1S/C21H13N5O4/c1-25-19-17(18(24-25)11-4-6-22-7-5-11)16-13(9-23-19)20(27)26(21(16)28)12-2-3-14-15(8-12)30-10-29-14/h2-9H,10H2,1H3. The Labute approximate surface area is 169 Å². The lowest BCUT2D eigenvalue weighted by molar-refractivity contribution is 0.0926. The van der Waals surface area contributed by atoms with Crippen molar-refractivity contribution in [3.8, 4) is 22.8 Å². The van der Waals surface area contributed by atoms with E-state index in [0.29, 0.717) is 39.5 Å². The van der Waals surface area contributed by atoms with Crippen molar-refractivity contribution in [3.63, 3.8) is 0 Å². The number of imide groups is 1. The molecule has 0 saturated heterocycles. The van der Waals surface area contributed by atoms with E-state index in [1.807, 2.05) is 0 Å². The number of ether oxygens (including phenoxy) is 2. The summed E-state index contributed by atoms with van der Waals surface area (Å²) in [5, 5.41) is 5.09. The van der Waals surface area contributed by atoms with Crippen molar-refractivity contribution in [1.29, 1.82) is 0 Å². The van der Waals surface area contributed by atoms with Crippen LogP contribution < -0.4 is 14.4 Å². The average molecular weight is 399 g/mol. The number of fused-ring (bicyclic) bond motifs is 4. The molecule has 6 rings (SSSR count). The summed E-state index contributed by atoms with van der Waals surface area (Å²) in [5.41, 5.74) is 2.83. The highest BCUT2D eigenvalue weighted by atomic mass is 16.7. The minimum atomic E-state index is -0.437. The van der Waals surface area contributed by atoms with Crippen molar-refractivity contribution in [2.24, 2.45) is 7.05 Å². The van der Waals surface area contributed by atoms with Crippen LogP contribution in [-0.2, 0) is 7.05 Å². The van der Waals surface area contributed by atoms with Crippen LogP contribution in [0.1, 0.15) is 20.7 Å². The number of aromatic nitrogens is 4. The minimum absolute atomic E-state index is 0.108. The zero-order valence-corrected chi connectivity index (χ0v) is 15.7. The summed E-state index contributed by atoms with van der Waals surface area (Å²) < 4.78 is 12.3. The lowest BCUT2D eigenvalue weighted by Crippen LogP contribution is -2.29. The van der Waals surface area contributed by atoms with Crippen LogP contribution in [0.15, 0.2) is 48.9 Å². The maximum absolute atomic E-state index is 13.5. The highest BCUT2D eigenvalue weighted by Gasteiger charge is 2.40. The van der Waals surface area contributed by atoms with E-state index in [-0.39, 0.29) is 12.4 Å². The van der Waals surface area contributed by atoms with Crippen LogP contribution in [0.5, 0.6) is 11.5 Å². The summed E-state index contributed by atoms with van der Waals surface area (Å²) in [6.45, 7) is 0.108. The molecule has 0 fully saturated rings. The molecule has 0 radical (unpaired) electrons. The van der Waals surface area contributed by atoms with Crippen LogP contribution in [0, 0.1) is 0 Å². The van der Waals surface area contributed by atoms with Crippen molar-refractivity contribution in [1.82, 2.24) is 19.7 Å². The van der Waals surface area contributed by atoms with Crippen LogP contribution in [0.25, 0.3) is 22.3 Å². The lowest BCUT2D eigenvalue weighted by atomic mass is 10.0. The molecule has 9 nitrogen and oxygen atoms in total. The molecule has 2 aliphatic rings. The molecule has 3 aromatic heterocycles. The third kappa shape index (κ3) is 2.14. The largest absolute Gasteiger partial charge is 0.454 e. The van der Waals surface area contributed by atoms with Gasteiger partial charge in [-0.1, -0.05) is 0 Å². The molecule has 5 heterocycles. The van der Waals surface area contributed by atoms with Gasteiger partial charge in [0.1, 0.15) is 5.69 Å². The first-order valence-electron chi connectivity index (χ1n) is 9.18. The first-order chi connectivity index (χ1) is 14.6. The van der Waals surface area contributed by atoms with Crippen LogP contribution in [0.4, 0.5) is 5.69 Å². The van der Waals surface area contributed by atoms with Crippen molar-refractivity contribution in [2.75, 3.05) is 11.7 Å². The smallest absolute Gasteiger partial charge is 0.267 e. The zero-order valence-electron chi connectivity index (χ0n) is 15.7. The van der Waals surface area contributed by atoms with Gasteiger partial charge >= 0.3 is 0 Å². The predicted molar refractivity (Wildman–Crippen MR) is 105 cm³/mol. The summed E-state index contributed by atoms with van der Waals surface area (Å²) in [6.07, 6.45) is 4.74. The SMILES string of the molecule is Cn1nc(-c2ccncc2)c2c3c(cnc21)C(=O)N(c1ccc2c(c1)OCO2)C3=O. The minimum Gasteiger partial charge on any atom is -0.454 e. The summed E-state index contributed by atoms with van der Waals surface area (Å²) in [5.74, 6) is 0.204. The molecule has 4 aromatic rings. The van der Waals surface area contributed by atoms with Gasteiger partial charge in [-0.15, -0.1) is 0 Å². The van der Waals surface area contributed by atoms with E-state index >= 15 is 0 Å². The van der Waals surface area contributed by atoms with Gasteiger partial charge in [0.05, 0.1) is 22.2 Å². The van der Waals surface area contributed by atoms with Gasteiger partial charge in [-0.3, -0.25) is 14.6 Å². The number of anilines is 1. The fourth-order valence-electron chi connectivity index (χ4n) is 3.90. The maximum Gasteiger partial charge on any atom is 0.267 e. The first kappa shape index (κ1) is 16.7. The average Bonchev–Trinajstić information content (AvgIpc) is 3.44. The van der Waals surface area contributed by atoms with Crippen molar-refractivity contribution < 1.29 is 19.1 Å². The molecule has 0 bridgehead atoms. The van der Waals surface area contributed by atoms with Crippen molar-refractivity contribution >= 4 is 28.5 Å². The monoisotopic (exact) mass is 399 g/mol. The highest BCUT2D eigenvalue weighted by molar-refractivity contribution is 6.38. The number of aryl methyl sites for hydroxylation is 1. The van der Waals surface area contributed by atoms with Gasteiger partial charge in [0.25, 0.3) is 11.8 Å². The number of hydrogen-bond donors (Lipinski definition) is 0. The van der Waals surface area contributed by atoms with E-state index in [1.165, 1.54) is 6.20 Å². The molecule has 0 spiro atoms. The van der Waals surface area contributed by atoms with Gasteiger partial charge in [0.15, 0.2) is 17.1 Å². The fraction of sp³-hybridized carbons (Fsp3) is 0.0952. The third-order valence-electron chi connectivity index (χ3n) is 5.27. The molecule has 0 N–H and O–H groups in total. The molecule has 9 heteroatoms. The second-order valence-corrected chi connectivity index (χ2v) is 6.94. The van der Waals surface area contributed by atoms with Gasteiger partial charge in [-0.2, -0.15) is 5.10 Å². The number of benzene rings is 1. The number of nitrogens with zero attached hydrogens (tertiary/aromatic N) is 5. The molecule has 2 amide bonds. The summed E-state index contributed by atoms with van der Waals surface area (Å²) in [4.78, 5) is 36.2. The van der Waals surface area contributed by atoms with Gasteiger partial charge in [0, 0.05) is 37.3 Å². The Kier molecular flexibility index (Phi) is 3.26. The topological polar surface area (TPSA) is 99.4 Å². The Hall–Kier alpha value is -4.27. The van der Waals surface area contributed by atoms with Crippen molar-refractivity contribution in [3.05, 3.63) is 60.0 Å². The summed E-state index contributed by atoms with van der Waals surface area (Å²) in [6, 6.07) is 8.58. The molecule has 0 saturated carbocycles. The lowest BCUT2D eigenvalue weighted by Gasteiger charge is -2.14. The van der Waals surface area contributed by atoms with Crippen LogP contribution in [0.2, 0.25) is 0 Å². The number of pyridine rings is 2. The maximum atomic E-state index is 13.5. The Morgan fingerprint density at radius 2 is 1.80 bits per heavy atom. The number of carbonyl (C=O) groups excluding carboxylic acids is 2. The Morgan fingerprint density at radius 3 is 2.63 bits per heavy atom. The first-order valence-corrected chi connectivity index (χ1v) is 9.18. The molecule has 1 aromatic carbocycles. The van der Waals surface area contributed by atoms with Crippen molar-refractivity contribution in [2.45, 2.75) is 0 Å². The van der Waals surface area contributed by atoms with E-state index in [4.69, 9.17) is 9.47 Å². The molecular formula is C21H13N5O4. The van der Waals surface area contributed by atoms with Crippen LogP contribution in [0.3, 0.4) is 0 Å². The van der Waals surface area contributed by atoms with E-state index in [2.05, 4.69) is 15.1 Å². The molecule has 146 valence electrons. The van der Waals surface area contributed by atoms with Crippen LogP contribution in [-0.4, -0.2) is 38.4 Å². The van der Waals surface area contributed by atoms with E-state index in [0.717, 1.165) is 10.5 Å². The molecule has 2 aliphatic heterocycles. The number of rotatable bonds is 2. The fourth-order valence-corrected chi connectivity index (χ4v) is 3.90. The molecule has 0 unspecified atom stereocenters. The highest BCUT2D eigenvalue weighted by Crippen LogP contribution is 2.40. The number of amides is 2. The number of carbonyl (C=O) groups is 2.